The number of aldehydes is 1. The van der Waals surface area contributed by atoms with Gasteiger partial charge < -0.3 is 13.9 Å². The monoisotopic (exact) mass is 268 g/mol. The van der Waals surface area contributed by atoms with E-state index in [2.05, 4.69) is 4.74 Å². The van der Waals surface area contributed by atoms with Gasteiger partial charge in [-0.1, -0.05) is 0 Å². The fourth-order valence-corrected chi connectivity index (χ4v) is 1.91. The average molecular weight is 268 g/mol. The zero-order chi connectivity index (χ0) is 13.9. The molecule has 0 aromatic carbocycles. The van der Waals surface area contributed by atoms with Gasteiger partial charge in [0.15, 0.2) is 12.0 Å². The van der Waals surface area contributed by atoms with Crippen LogP contribution in [0.2, 0.25) is 0 Å². The van der Waals surface area contributed by atoms with E-state index in [0.717, 1.165) is 0 Å². The molecule has 0 bridgehead atoms. The summed E-state index contributed by atoms with van der Waals surface area (Å²) in [4.78, 5) is 22.4. The van der Waals surface area contributed by atoms with E-state index in [-0.39, 0.29) is 18.8 Å². The lowest BCUT2D eigenvalue weighted by Gasteiger charge is -2.30. The molecule has 0 amide bonds. The Morgan fingerprint density at radius 1 is 1.68 bits per heavy atom. The highest BCUT2D eigenvalue weighted by Gasteiger charge is 2.48. The predicted molar refractivity (Wildman–Crippen MR) is 61.8 cm³/mol. The van der Waals surface area contributed by atoms with Crippen molar-refractivity contribution in [2.45, 2.75) is 25.1 Å². The molecule has 5 nitrogen and oxygen atoms in total. The van der Waals surface area contributed by atoms with E-state index < -0.39 is 17.7 Å². The second kappa shape index (κ2) is 5.26. The van der Waals surface area contributed by atoms with Gasteiger partial charge in [-0.25, -0.2) is 4.79 Å². The molecule has 6 heteroatoms. The van der Waals surface area contributed by atoms with Crippen LogP contribution in [0.1, 0.15) is 25.0 Å². The predicted octanol–water partition coefficient (Wildman–Crippen LogP) is 2.10. The fraction of sp³-hybridized carbons (Fsp3) is 0.385. The highest BCUT2D eigenvalue weighted by Crippen LogP contribution is 2.38. The first-order valence-corrected chi connectivity index (χ1v) is 5.84. The SMILES string of the molecule is CCOC(=O)C1(F)CC(c2ccco2)C=C(C=O)O1. The van der Waals surface area contributed by atoms with Crippen LogP contribution in [0.5, 0.6) is 0 Å². The largest absolute Gasteiger partial charge is 0.469 e. The van der Waals surface area contributed by atoms with Crippen LogP contribution in [0.15, 0.2) is 34.6 Å². The van der Waals surface area contributed by atoms with Gasteiger partial charge in [-0.2, -0.15) is 4.39 Å². The van der Waals surface area contributed by atoms with Crippen LogP contribution >= 0.6 is 0 Å². The van der Waals surface area contributed by atoms with Gasteiger partial charge in [0, 0.05) is 12.3 Å². The van der Waals surface area contributed by atoms with Crippen LogP contribution in [0.4, 0.5) is 4.39 Å². The van der Waals surface area contributed by atoms with Crippen LogP contribution in [-0.4, -0.2) is 24.7 Å². The van der Waals surface area contributed by atoms with E-state index in [0.29, 0.717) is 12.0 Å². The summed E-state index contributed by atoms with van der Waals surface area (Å²) in [6.07, 6.45) is 2.91. The lowest BCUT2D eigenvalue weighted by atomic mass is 9.94. The van der Waals surface area contributed by atoms with Crippen molar-refractivity contribution in [2.75, 3.05) is 6.61 Å². The quantitative estimate of drug-likeness (QED) is 0.618. The third-order valence-corrected chi connectivity index (χ3v) is 2.73. The molecule has 102 valence electrons. The molecular formula is C13H13FO5. The van der Waals surface area contributed by atoms with Gasteiger partial charge in [0.1, 0.15) is 5.76 Å². The Bertz CT molecular complexity index is 493. The molecule has 2 unspecified atom stereocenters. The van der Waals surface area contributed by atoms with Gasteiger partial charge in [-0.3, -0.25) is 4.79 Å². The molecule has 2 heterocycles. The van der Waals surface area contributed by atoms with Gasteiger partial charge >= 0.3 is 11.8 Å². The van der Waals surface area contributed by atoms with Gasteiger partial charge in [-0.15, -0.1) is 0 Å². The number of esters is 1. The molecule has 2 atom stereocenters. The van der Waals surface area contributed by atoms with Crippen molar-refractivity contribution in [3.63, 3.8) is 0 Å². The normalized spacial score (nSPS) is 26.2. The minimum Gasteiger partial charge on any atom is -0.469 e. The molecule has 0 spiro atoms. The van der Waals surface area contributed by atoms with Crippen LogP contribution in [0.25, 0.3) is 0 Å². The van der Waals surface area contributed by atoms with E-state index in [4.69, 9.17) is 9.15 Å². The summed E-state index contributed by atoms with van der Waals surface area (Å²) in [6.45, 7) is 1.59. The maximum absolute atomic E-state index is 14.5. The van der Waals surface area contributed by atoms with Crippen LogP contribution in [-0.2, 0) is 19.1 Å². The lowest BCUT2D eigenvalue weighted by Crippen LogP contribution is -2.42. The first kappa shape index (κ1) is 13.3. The number of alkyl halides is 1. The molecule has 2 rings (SSSR count). The minimum absolute atomic E-state index is 0.0272. The number of allylic oxidation sites excluding steroid dienone is 2. The second-order valence-corrected chi connectivity index (χ2v) is 4.06. The molecule has 0 aliphatic carbocycles. The van der Waals surface area contributed by atoms with E-state index in [1.165, 1.54) is 12.3 Å². The molecular weight excluding hydrogens is 255 g/mol. The first-order valence-electron chi connectivity index (χ1n) is 5.84. The van der Waals surface area contributed by atoms with Crippen molar-refractivity contribution < 1.29 is 27.9 Å². The lowest BCUT2D eigenvalue weighted by molar-refractivity contribution is -0.196. The molecule has 1 aliphatic rings. The molecule has 19 heavy (non-hydrogen) atoms. The van der Waals surface area contributed by atoms with Gasteiger partial charge in [0.05, 0.1) is 12.9 Å². The topological polar surface area (TPSA) is 65.7 Å². The van der Waals surface area contributed by atoms with Crippen LogP contribution < -0.4 is 0 Å². The number of carbonyl (C=O) groups is 2. The Hall–Kier alpha value is -2.11. The first-order chi connectivity index (χ1) is 9.09. The highest BCUT2D eigenvalue weighted by atomic mass is 19.2. The van der Waals surface area contributed by atoms with Crippen molar-refractivity contribution in [2.24, 2.45) is 0 Å². The molecule has 1 aromatic heterocycles. The number of halogens is 1. The molecule has 1 aliphatic heterocycles. The van der Waals surface area contributed by atoms with E-state index in [9.17, 15) is 14.0 Å². The van der Waals surface area contributed by atoms with Crippen molar-refractivity contribution in [3.05, 3.63) is 36.0 Å². The number of carbonyl (C=O) groups excluding carboxylic acids is 2. The Morgan fingerprint density at radius 3 is 3.05 bits per heavy atom. The zero-order valence-electron chi connectivity index (χ0n) is 10.3. The third kappa shape index (κ3) is 2.67. The number of hydrogen-bond acceptors (Lipinski definition) is 5. The Balaban J connectivity index is 2.28. The van der Waals surface area contributed by atoms with Crippen LogP contribution in [0, 0.1) is 0 Å². The minimum atomic E-state index is -2.67. The Morgan fingerprint density at radius 2 is 2.47 bits per heavy atom. The number of ether oxygens (including phenoxy) is 2. The molecule has 0 fully saturated rings. The van der Waals surface area contributed by atoms with E-state index in [1.807, 2.05) is 0 Å². The molecule has 0 radical (unpaired) electrons. The van der Waals surface area contributed by atoms with E-state index in [1.54, 1.807) is 19.1 Å². The number of furan rings is 1. The smallest absolute Gasteiger partial charge is 0.384 e. The number of rotatable bonds is 4. The second-order valence-electron chi connectivity index (χ2n) is 4.06. The fourth-order valence-electron chi connectivity index (χ4n) is 1.91. The summed E-state index contributed by atoms with van der Waals surface area (Å²) < 4.78 is 29.1. The Labute approximate surface area is 109 Å². The maximum atomic E-state index is 14.5. The standard InChI is InChI=1S/C13H13FO5/c1-2-17-12(16)13(14)7-9(6-10(8-15)19-13)11-4-3-5-18-11/h3-6,8-9H,2,7H2,1H3. The third-order valence-electron chi connectivity index (χ3n) is 2.73. The maximum Gasteiger partial charge on any atom is 0.384 e. The van der Waals surface area contributed by atoms with Crippen molar-refractivity contribution in [1.29, 1.82) is 0 Å². The van der Waals surface area contributed by atoms with Gasteiger partial charge in [0.2, 0.25) is 0 Å². The summed E-state index contributed by atoms with van der Waals surface area (Å²) in [5, 5.41) is 0. The molecule has 0 saturated carbocycles. The van der Waals surface area contributed by atoms with Crippen LogP contribution in [0.3, 0.4) is 0 Å². The Kier molecular flexibility index (Phi) is 3.69. The average Bonchev–Trinajstić information content (AvgIpc) is 2.92. The van der Waals surface area contributed by atoms with Gasteiger partial charge in [-0.05, 0) is 25.1 Å². The summed E-state index contributed by atoms with van der Waals surface area (Å²) in [5.74, 6) is -4.16. The summed E-state index contributed by atoms with van der Waals surface area (Å²) in [5.41, 5.74) is 0. The van der Waals surface area contributed by atoms with E-state index >= 15 is 0 Å². The van der Waals surface area contributed by atoms with Gasteiger partial charge in [0.25, 0.3) is 0 Å². The summed E-state index contributed by atoms with van der Waals surface area (Å²) in [7, 11) is 0. The summed E-state index contributed by atoms with van der Waals surface area (Å²) in [6, 6.07) is 3.28. The summed E-state index contributed by atoms with van der Waals surface area (Å²) >= 11 is 0. The molecule has 1 aromatic rings. The highest BCUT2D eigenvalue weighted by molar-refractivity contribution is 5.80. The molecule has 0 saturated heterocycles. The van der Waals surface area contributed by atoms with Crippen molar-refractivity contribution >= 4 is 12.3 Å². The molecule has 0 N–H and O–H groups in total. The van der Waals surface area contributed by atoms with Crippen molar-refractivity contribution in [1.82, 2.24) is 0 Å². The zero-order valence-corrected chi connectivity index (χ0v) is 10.3. The van der Waals surface area contributed by atoms with Crippen molar-refractivity contribution in [3.8, 4) is 0 Å². The number of hydrogen-bond donors (Lipinski definition) is 0.